The molecule has 0 aliphatic heterocycles. The largest absolute Gasteiger partial charge is 0.491 e. The van der Waals surface area contributed by atoms with Gasteiger partial charge in [-0.1, -0.05) is 32.0 Å². The molecule has 1 aromatic carbocycles. The fourth-order valence-corrected chi connectivity index (χ4v) is 2.90. The minimum atomic E-state index is 0.295. The first kappa shape index (κ1) is 15.3. The van der Waals surface area contributed by atoms with Crippen LogP contribution in [0.2, 0.25) is 0 Å². The number of rotatable bonds is 6. The van der Waals surface area contributed by atoms with Crippen molar-refractivity contribution in [3.63, 3.8) is 0 Å². The first-order valence-corrected chi connectivity index (χ1v) is 7.57. The summed E-state index contributed by atoms with van der Waals surface area (Å²) in [5.74, 6) is 0.908. The Kier molecular flexibility index (Phi) is 5.44. The fraction of sp³-hybridized carbons (Fsp3) is 0.647. The van der Waals surface area contributed by atoms with Gasteiger partial charge in [-0.25, -0.2) is 0 Å². The van der Waals surface area contributed by atoms with Crippen molar-refractivity contribution in [3.05, 3.63) is 30.3 Å². The van der Waals surface area contributed by atoms with Gasteiger partial charge in [0.15, 0.2) is 0 Å². The Bertz CT molecular complexity index is 391. The van der Waals surface area contributed by atoms with Crippen LogP contribution in [-0.4, -0.2) is 32.4 Å². The number of hydrogen-bond acceptors (Lipinski definition) is 3. The molecule has 20 heavy (non-hydrogen) atoms. The second-order valence-electron chi connectivity index (χ2n) is 6.37. The molecule has 0 aromatic heterocycles. The van der Waals surface area contributed by atoms with E-state index in [1.165, 1.54) is 12.8 Å². The summed E-state index contributed by atoms with van der Waals surface area (Å²) in [5.41, 5.74) is 0.387. The summed E-state index contributed by atoms with van der Waals surface area (Å²) in [6.45, 7) is 5.91. The molecule has 3 heteroatoms. The molecule has 1 aliphatic carbocycles. The number of hydrogen-bond donors (Lipinski definition) is 1. The van der Waals surface area contributed by atoms with Crippen molar-refractivity contribution in [2.24, 2.45) is 5.41 Å². The van der Waals surface area contributed by atoms with E-state index < -0.39 is 0 Å². The maximum absolute atomic E-state index is 6.06. The summed E-state index contributed by atoms with van der Waals surface area (Å²) in [4.78, 5) is 0. The van der Waals surface area contributed by atoms with Gasteiger partial charge >= 0.3 is 0 Å². The highest BCUT2D eigenvalue weighted by atomic mass is 16.5. The Morgan fingerprint density at radius 3 is 2.65 bits per heavy atom. The standard InChI is InChI=1S/C17H27NO2/c1-17(2)10-9-15(18-3)16(13-17)20-12-11-19-14-7-5-4-6-8-14/h4-8,15-16,18H,9-13H2,1-3H3. The zero-order valence-corrected chi connectivity index (χ0v) is 12.9. The molecule has 112 valence electrons. The van der Waals surface area contributed by atoms with E-state index in [9.17, 15) is 0 Å². The molecule has 3 nitrogen and oxygen atoms in total. The van der Waals surface area contributed by atoms with E-state index in [2.05, 4.69) is 19.2 Å². The Labute approximate surface area is 122 Å². The number of ether oxygens (including phenoxy) is 2. The highest BCUT2D eigenvalue weighted by molar-refractivity contribution is 5.20. The summed E-state index contributed by atoms with van der Waals surface area (Å²) in [6.07, 6.45) is 3.86. The molecule has 1 fully saturated rings. The van der Waals surface area contributed by atoms with Gasteiger partial charge in [-0.2, -0.15) is 0 Å². The predicted molar refractivity (Wildman–Crippen MR) is 82.2 cm³/mol. The van der Waals surface area contributed by atoms with Crippen LogP contribution < -0.4 is 10.1 Å². The topological polar surface area (TPSA) is 30.5 Å². The van der Waals surface area contributed by atoms with Gasteiger partial charge in [0.25, 0.3) is 0 Å². The molecule has 0 spiro atoms. The van der Waals surface area contributed by atoms with Crippen LogP contribution >= 0.6 is 0 Å². The SMILES string of the molecule is CNC1CCC(C)(C)CC1OCCOc1ccccc1. The van der Waals surface area contributed by atoms with E-state index in [0.29, 0.717) is 30.8 Å². The highest BCUT2D eigenvalue weighted by Gasteiger charge is 2.34. The average molecular weight is 277 g/mol. The summed E-state index contributed by atoms with van der Waals surface area (Å²) >= 11 is 0. The number of likely N-dealkylation sites (N-methyl/N-ethyl adjacent to an activating group) is 1. The van der Waals surface area contributed by atoms with Gasteiger partial charge < -0.3 is 14.8 Å². The van der Waals surface area contributed by atoms with Crippen molar-refractivity contribution in [3.8, 4) is 5.75 Å². The third-order valence-corrected chi connectivity index (χ3v) is 4.13. The van der Waals surface area contributed by atoms with Gasteiger partial charge in [0.2, 0.25) is 0 Å². The minimum absolute atomic E-state index is 0.295. The molecular weight excluding hydrogens is 250 g/mol. The molecule has 1 aromatic rings. The van der Waals surface area contributed by atoms with Crippen LogP contribution in [0.15, 0.2) is 30.3 Å². The maximum atomic E-state index is 6.06. The molecule has 1 aliphatic rings. The summed E-state index contributed by atoms with van der Waals surface area (Å²) < 4.78 is 11.7. The van der Waals surface area contributed by atoms with Crippen molar-refractivity contribution in [1.82, 2.24) is 5.32 Å². The Hall–Kier alpha value is -1.06. The zero-order chi connectivity index (χ0) is 14.4. The number of nitrogens with one attached hydrogen (secondary N) is 1. The summed E-state index contributed by atoms with van der Waals surface area (Å²) in [6, 6.07) is 10.4. The van der Waals surface area contributed by atoms with Crippen LogP contribution in [-0.2, 0) is 4.74 Å². The monoisotopic (exact) mass is 277 g/mol. The first-order chi connectivity index (χ1) is 9.61. The number of para-hydroxylation sites is 1. The van der Waals surface area contributed by atoms with Crippen molar-refractivity contribution in [1.29, 1.82) is 0 Å². The van der Waals surface area contributed by atoms with Gasteiger partial charge in [0, 0.05) is 6.04 Å². The lowest BCUT2D eigenvalue weighted by atomic mass is 9.74. The molecule has 2 atom stereocenters. The molecule has 2 unspecified atom stereocenters. The van der Waals surface area contributed by atoms with Gasteiger partial charge in [0.1, 0.15) is 12.4 Å². The van der Waals surface area contributed by atoms with Crippen LogP contribution in [0.25, 0.3) is 0 Å². The quantitative estimate of drug-likeness (QED) is 0.810. The lowest BCUT2D eigenvalue weighted by Gasteiger charge is -2.40. The Morgan fingerprint density at radius 1 is 1.20 bits per heavy atom. The second kappa shape index (κ2) is 7.09. The van der Waals surface area contributed by atoms with E-state index in [1.807, 2.05) is 37.4 Å². The van der Waals surface area contributed by atoms with Gasteiger partial charge in [0.05, 0.1) is 12.7 Å². The van der Waals surface area contributed by atoms with E-state index in [0.717, 1.165) is 12.2 Å². The fourth-order valence-electron chi connectivity index (χ4n) is 2.90. The molecular formula is C17H27NO2. The molecule has 0 amide bonds. The van der Waals surface area contributed by atoms with E-state index in [-0.39, 0.29) is 0 Å². The van der Waals surface area contributed by atoms with Crippen molar-refractivity contribution >= 4 is 0 Å². The molecule has 2 rings (SSSR count). The molecule has 0 heterocycles. The van der Waals surface area contributed by atoms with E-state index >= 15 is 0 Å². The molecule has 0 radical (unpaired) electrons. The van der Waals surface area contributed by atoms with Crippen molar-refractivity contribution in [2.45, 2.75) is 45.3 Å². The average Bonchev–Trinajstić information content (AvgIpc) is 2.44. The Morgan fingerprint density at radius 2 is 1.95 bits per heavy atom. The normalized spacial score (nSPS) is 25.4. The van der Waals surface area contributed by atoms with Crippen LogP contribution in [0, 0.1) is 5.41 Å². The third-order valence-electron chi connectivity index (χ3n) is 4.13. The smallest absolute Gasteiger partial charge is 0.119 e. The van der Waals surface area contributed by atoms with Crippen LogP contribution in [0.5, 0.6) is 5.75 Å². The van der Waals surface area contributed by atoms with Crippen LogP contribution in [0.3, 0.4) is 0 Å². The van der Waals surface area contributed by atoms with E-state index in [4.69, 9.17) is 9.47 Å². The second-order valence-corrected chi connectivity index (χ2v) is 6.37. The summed E-state index contributed by atoms with van der Waals surface area (Å²) in [7, 11) is 2.03. The molecule has 1 saturated carbocycles. The highest BCUT2D eigenvalue weighted by Crippen LogP contribution is 2.36. The lowest BCUT2D eigenvalue weighted by molar-refractivity contribution is -0.0353. The van der Waals surface area contributed by atoms with Crippen molar-refractivity contribution < 1.29 is 9.47 Å². The minimum Gasteiger partial charge on any atom is -0.491 e. The predicted octanol–water partition coefficient (Wildman–Crippen LogP) is 3.25. The van der Waals surface area contributed by atoms with Gasteiger partial charge in [-0.15, -0.1) is 0 Å². The zero-order valence-electron chi connectivity index (χ0n) is 12.9. The number of benzene rings is 1. The van der Waals surface area contributed by atoms with E-state index in [1.54, 1.807) is 0 Å². The molecule has 1 N–H and O–H groups in total. The Balaban J connectivity index is 1.74. The van der Waals surface area contributed by atoms with Gasteiger partial charge in [-0.05, 0) is 43.9 Å². The molecule has 0 bridgehead atoms. The lowest BCUT2D eigenvalue weighted by Crippen LogP contribution is -2.46. The maximum Gasteiger partial charge on any atom is 0.119 e. The third kappa shape index (κ3) is 4.50. The van der Waals surface area contributed by atoms with Gasteiger partial charge in [-0.3, -0.25) is 0 Å². The molecule has 0 saturated heterocycles. The summed E-state index contributed by atoms with van der Waals surface area (Å²) in [5, 5.41) is 3.38. The van der Waals surface area contributed by atoms with Crippen LogP contribution in [0.1, 0.15) is 33.1 Å². The first-order valence-electron chi connectivity index (χ1n) is 7.57. The van der Waals surface area contributed by atoms with Crippen LogP contribution in [0.4, 0.5) is 0 Å². The van der Waals surface area contributed by atoms with Crippen molar-refractivity contribution in [2.75, 3.05) is 20.3 Å².